The van der Waals surface area contributed by atoms with Gasteiger partial charge in [-0.1, -0.05) is 24.6 Å². The van der Waals surface area contributed by atoms with Gasteiger partial charge >= 0.3 is 5.97 Å². The highest BCUT2D eigenvalue weighted by Gasteiger charge is 2.12. The molecular formula is C18H21N5O3S. The third-order valence-electron chi connectivity index (χ3n) is 3.71. The Morgan fingerprint density at radius 1 is 1.22 bits per heavy atom. The number of aromatic nitrogens is 5. The summed E-state index contributed by atoms with van der Waals surface area (Å²) in [6.45, 7) is 5.17. The van der Waals surface area contributed by atoms with Gasteiger partial charge in [-0.15, -0.1) is 16.4 Å². The van der Waals surface area contributed by atoms with Gasteiger partial charge in [-0.25, -0.2) is 9.67 Å². The van der Waals surface area contributed by atoms with Crippen LogP contribution in [-0.4, -0.2) is 31.2 Å². The second-order valence-corrected chi connectivity index (χ2v) is 6.93. The van der Waals surface area contributed by atoms with E-state index in [1.165, 1.54) is 16.9 Å². The highest BCUT2D eigenvalue weighted by atomic mass is 32.1. The van der Waals surface area contributed by atoms with Crippen LogP contribution in [0.3, 0.4) is 0 Å². The van der Waals surface area contributed by atoms with Crippen molar-refractivity contribution in [2.24, 2.45) is 0 Å². The van der Waals surface area contributed by atoms with Crippen molar-refractivity contribution in [3.8, 4) is 5.75 Å². The van der Waals surface area contributed by atoms with Crippen molar-refractivity contribution in [2.75, 3.05) is 0 Å². The molecule has 2 heterocycles. The fourth-order valence-electron chi connectivity index (χ4n) is 2.33. The number of carbonyl (C=O) groups is 1. The van der Waals surface area contributed by atoms with Gasteiger partial charge in [0.15, 0.2) is 12.4 Å². The molecule has 0 saturated carbocycles. The Labute approximate surface area is 161 Å². The van der Waals surface area contributed by atoms with Crippen LogP contribution in [0.1, 0.15) is 35.4 Å². The maximum absolute atomic E-state index is 12.0. The molecule has 0 spiro atoms. The van der Waals surface area contributed by atoms with Crippen LogP contribution in [0.25, 0.3) is 0 Å². The van der Waals surface area contributed by atoms with Crippen LogP contribution in [0.15, 0.2) is 29.6 Å². The highest BCUT2D eigenvalue weighted by Crippen LogP contribution is 2.16. The third kappa shape index (κ3) is 5.58. The normalized spacial score (nSPS) is 10.7. The van der Waals surface area contributed by atoms with E-state index in [1.54, 1.807) is 4.68 Å². The van der Waals surface area contributed by atoms with Gasteiger partial charge < -0.3 is 9.47 Å². The number of ether oxygens (including phenoxy) is 2. The van der Waals surface area contributed by atoms with E-state index in [4.69, 9.17) is 9.47 Å². The summed E-state index contributed by atoms with van der Waals surface area (Å²) in [4.78, 5) is 16.5. The first-order chi connectivity index (χ1) is 13.1. The lowest BCUT2D eigenvalue weighted by atomic mass is 10.2. The van der Waals surface area contributed by atoms with Crippen molar-refractivity contribution in [1.29, 1.82) is 0 Å². The Morgan fingerprint density at radius 3 is 2.81 bits per heavy atom. The molecule has 3 aromatic rings. The molecule has 142 valence electrons. The molecule has 2 aromatic heterocycles. The average Bonchev–Trinajstić information content (AvgIpc) is 3.29. The molecule has 0 fully saturated rings. The first-order valence-electron chi connectivity index (χ1n) is 8.67. The van der Waals surface area contributed by atoms with E-state index < -0.39 is 0 Å². The summed E-state index contributed by atoms with van der Waals surface area (Å²) in [6.07, 6.45) is 1.01. The molecule has 0 atom stereocenters. The van der Waals surface area contributed by atoms with Gasteiger partial charge in [0.2, 0.25) is 0 Å². The van der Waals surface area contributed by atoms with E-state index in [-0.39, 0.29) is 19.0 Å². The minimum Gasteiger partial charge on any atom is -0.486 e. The number of aryl methyl sites for hydroxylation is 2. The smallest absolute Gasteiger partial charge is 0.312 e. The lowest BCUT2D eigenvalue weighted by molar-refractivity contribution is -0.144. The zero-order valence-corrected chi connectivity index (χ0v) is 16.1. The van der Waals surface area contributed by atoms with Crippen molar-refractivity contribution in [2.45, 2.75) is 46.4 Å². The maximum Gasteiger partial charge on any atom is 0.312 e. The van der Waals surface area contributed by atoms with Crippen molar-refractivity contribution < 1.29 is 14.3 Å². The number of thiazole rings is 1. The molecule has 0 aliphatic rings. The molecule has 27 heavy (non-hydrogen) atoms. The molecule has 0 unspecified atom stereocenters. The number of carbonyl (C=O) groups excluding carboxylic acids is 1. The van der Waals surface area contributed by atoms with E-state index >= 15 is 0 Å². The zero-order valence-electron chi connectivity index (χ0n) is 15.3. The van der Waals surface area contributed by atoms with Crippen molar-refractivity contribution in [3.63, 3.8) is 0 Å². The summed E-state index contributed by atoms with van der Waals surface area (Å²) in [5.74, 6) is 0.967. The predicted octanol–water partition coefficient (Wildman–Crippen LogP) is 2.71. The predicted molar refractivity (Wildman–Crippen MR) is 99.2 cm³/mol. The highest BCUT2D eigenvalue weighted by molar-refractivity contribution is 7.09. The summed E-state index contributed by atoms with van der Waals surface area (Å²) in [5.41, 5.74) is 1.85. The lowest BCUT2D eigenvalue weighted by Crippen LogP contribution is -2.12. The number of benzene rings is 1. The topological polar surface area (TPSA) is 92.0 Å². The SMILES string of the molecule is CCCn1nnnc1COC(=O)Cc1csc(COc2ccc(C)cc2)n1. The monoisotopic (exact) mass is 387 g/mol. The number of tetrazole rings is 1. The molecule has 0 aliphatic carbocycles. The summed E-state index contributed by atoms with van der Waals surface area (Å²) in [6, 6.07) is 7.84. The van der Waals surface area contributed by atoms with Crippen LogP contribution in [0.5, 0.6) is 5.75 Å². The molecule has 0 N–H and O–H groups in total. The number of esters is 1. The van der Waals surface area contributed by atoms with Crippen LogP contribution in [-0.2, 0) is 35.7 Å². The van der Waals surface area contributed by atoms with Crippen LogP contribution in [0.2, 0.25) is 0 Å². The van der Waals surface area contributed by atoms with Gasteiger partial charge in [-0.05, 0) is 35.9 Å². The fourth-order valence-corrected chi connectivity index (χ4v) is 3.04. The molecule has 0 aliphatic heterocycles. The molecule has 1 aromatic carbocycles. The van der Waals surface area contributed by atoms with Crippen LogP contribution < -0.4 is 4.74 Å². The van der Waals surface area contributed by atoms with Crippen LogP contribution >= 0.6 is 11.3 Å². The summed E-state index contributed by atoms with van der Waals surface area (Å²) in [7, 11) is 0. The Kier molecular flexibility index (Phi) is 6.48. The number of hydrogen-bond acceptors (Lipinski definition) is 8. The van der Waals surface area contributed by atoms with E-state index in [1.807, 2.05) is 43.5 Å². The molecule has 3 rings (SSSR count). The quantitative estimate of drug-likeness (QED) is 0.521. The Hall–Kier alpha value is -2.81. The van der Waals surface area contributed by atoms with Crippen molar-refractivity contribution in [3.05, 3.63) is 51.7 Å². The number of rotatable bonds is 9. The molecule has 0 saturated heterocycles. The van der Waals surface area contributed by atoms with Crippen molar-refractivity contribution in [1.82, 2.24) is 25.2 Å². The molecule has 0 bridgehead atoms. The summed E-state index contributed by atoms with van der Waals surface area (Å²) >= 11 is 1.46. The summed E-state index contributed by atoms with van der Waals surface area (Å²) < 4.78 is 12.6. The van der Waals surface area contributed by atoms with E-state index in [9.17, 15) is 4.79 Å². The van der Waals surface area contributed by atoms with Gasteiger partial charge in [-0.3, -0.25) is 4.79 Å². The zero-order chi connectivity index (χ0) is 19.1. The minimum atomic E-state index is -0.364. The van der Waals surface area contributed by atoms with E-state index in [0.717, 1.165) is 17.2 Å². The first-order valence-corrected chi connectivity index (χ1v) is 9.55. The lowest BCUT2D eigenvalue weighted by Gasteiger charge is -2.04. The molecule has 0 amide bonds. The molecular weight excluding hydrogens is 366 g/mol. The average molecular weight is 387 g/mol. The molecule has 9 heteroatoms. The van der Waals surface area contributed by atoms with E-state index in [0.29, 0.717) is 24.7 Å². The van der Waals surface area contributed by atoms with Gasteiger partial charge in [0, 0.05) is 11.9 Å². The Bertz CT molecular complexity index is 875. The van der Waals surface area contributed by atoms with Crippen molar-refractivity contribution >= 4 is 17.3 Å². The van der Waals surface area contributed by atoms with Gasteiger partial charge in [0.1, 0.15) is 17.4 Å². The minimum absolute atomic E-state index is 0.0549. The summed E-state index contributed by atoms with van der Waals surface area (Å²) in [5, 5.41) is 14.0. The third-order valence-corrected chi connectivity index (χ3v) is 4.58. The van der Waals surface area contributed by atoms with E-state index in [2.05, 4.69) is 20.5 Å². The Morgan fingerprint density at radius 2 is 2.04 bits per heavy atom. The maximum atomic E-state index is 12.0. The van der Waals surface area contributed by atoms with Crippen LogP contribution in [0, 0.1) is 6.92 Å². The fraction of sp³-hybridized carbons (Fsp3) is 0.389. The van der Waals surface area contributed by atoms with Crippen LogP contribution in [0.4, 0.5) is 0 Å². The van der Waals surface area contributed by atoms with Gasteiger partial charge in [0.25, 0.3) is 0 Å². The number of hydrogen-bond donors (Lipinski definition) is 0. The van der Waals surface area contributed by atoms with Gasteiger partial charge in [0.05, 0.1) is 12.1 Å². The number of nitrogens with zero attached hydrogens (tertiary/aromatic N) is 5. The Balaban J connectivity index is 1.46. The molecule has 0 radical (unpaired) electrons. The standard InChI is InChI=1S/C18H21N5O3S/c1-3-8-23-16(20-21-22-23)10-26-18(24)9-14-12-27-17(19-14)11-25-15-6-4-13(2)5-7-15/h4-7,12H,3,8-11H2,1-2H3. The first kappa shape index (κ1) is 19.0. The molecule has 8 nitrogen and oxygen atoms in total. The second kappa shape index (κ2) is 9.22. The van der Waals surface area contributed by atoms with Gasteiger partial charge in [-0.2, -0.15) is 0 Å². The largest absolute Gasteiger partial charge is 0.486 e. The second-order valence-electron chi connectivity index (χ2n) is 5.99.